The molecular weight excluding hydrogens is 298 g/mol. The summed E-state index contributed by atoms with van der Waals surface area (Å²) in [6.07, 6.45) is 0.939. The van der Waals surface area contributed by atoms with Crippen molar-refractivity contribution in [1.82, 2.24) is 10.2 Å². The van der Waals surface area contributed by atoms with Crippen LogP contribution in [0.5, 0.6) is 0 Å². The molecule has 0 bridgehead atoms. The molecule has 110 valence electrons. The number of anilines is 1. The van der Waals surface area contributed by atoms with E-state index in [1.165, 1.54) is 11.3 Å². The van der Waals surface area contributed by atoms with Gasteiger partial charge in [0.2, 0.25) is 5.69 Å². The molecule has 2 aromatic heterocycles. The van der Waals surface area contributed by atoms with E-state index in [1.54, 1.807) is 13.8 Å². The predicted octanol–water partition coefficient (Wildman–Crippen LogP) is 1.35. The Labute approximate surface area is 122 Å². The van der Waals surface area contributed by atoms with Crippen LogP contribution in [-0.4, -0.2) is 26.9 Å². The Morgan fingerprint density at radius 2 is 2.14 bits per heavy atom. The largest absolute Gasteiger partial charge is 0.365 e. The number of hydrogen-bond donors (Lipinski definition) is 3. The molecule has 0 aromatic carbocycles. The molecule has 0 fully saturated rings. The Kier molecular flexibility index (Phi) is 3.72. The number of rotatable bonds is 4. The van der Waals surface area contributed by atoms with Crippen LogP contribution in [0.25, 0.3) is 0 Å². The molecule has 10 heteroatoms. The van der Waals surface area contributed by atoms with Crippen molar-refractivity contribution in [2.45, 2.75) is 13.8 Å². The van der Waals surface area contributed by atoms with Gasteiger partial charge in [0, 0.05) is 4.88 Å². The highest BCUT2D eigenvalue weighted by molar-refractivity contribution is 7.16. The van der Waals surface area contributed by atoms with Gasteiger partial charge >= 0.3 is 5.69 Å². The number of nitrogens with zero attached hydrogens (tertiary/aromatic N) is 2. The van der Waals surface area contributed by atoms with Gasteiger partial charge in [-0.1, -0.05) is 0 Å². The molecule has 2 amide bonds. The van der Waals surface area contributed by atoms with Crippen molar-refractivity contribution in [2.75, 3.05) is 5.32 Å². The summed E-state index contributed by atoms with van der Waals surface area (Å²) in [7, 11) is 0. The van der Waals surface area contributed by atoms with Crippen molar-refractivity contribution >= 4 is 33.8 Å². The normalized spacial score (nSPS) is 10.4. The van der Waals surface area contributed by atoms with E-state index in [1.807, 2.05) is 0 Å². The first kappa shape index (κ1) is 14.7. The van der Waals surface area contributed by atoms with Crippen LogP contribution in [0.15, 0.2) is 6.20 Å². The van der Waals surface area contributed by atoms with Crippen molar-refractivity contribution in [3.8, 4) is 0 Å². The van der Waals surface area contributed by atoms with E-state index in [9.17, 15) is 19.7 Å². The van der Waals surface area contributed by atoms with Crippen LogP contribution in [0.4, 0.5) is 10.7 Å². The van der Waals surface area contributed by atoms with Crippen LogP contribution < -0.4 is 11.1 Å². The van der Waals surface area contributed by atoms with Gasteiger partial charge in [-0.15, -0.1) is 11.3 Å². The van der Waals surface area contributed by atoms with Gasteiger partial charge < -0.3 is 11.1 Å². The quantitative estimate of drug-likeness (QED) is 0.576. The highest BCUT2D eigenvalue weighted by Gasteiger charge is 2.25. The van der Waals surface area contributed by atoms with Crippen molar-refractivity contribution in [1.29, 1.82) is 0 Å². The smallest absolute Gasteiger partial charge is 0.319 e. The number of hydrogen-bond acceptors (Lipinski definition) is 6. The molecule has 9 nitrogen and oxygen atoms in total. The maximum Gasteiger partial charge on any atom is 0.319 e. The second-order valence-electron chi connectivity index (χ2n) is 4.19. The second-order valence-corrected chi connectivity index (χ2v) is 5.42. The summed E-state index contributed by atoms with van der Waals surface area (Å²) in [5.74, 6) is -1.44. The zero-order valence-electron chi connectivity index (χ0n) is 11.1. The number of amides is 2. The lowest BCUT2D eigenvalue weighted by molar-refractivity contribution is -0.385. The van der Waals surface area contributed by atoms with Gasteiger partial charge in [0.15, 0.2) is 0 Å². The van der Waals surface area contributed by atoms with Crippen LogP contribution in [0.3, 0.4) is 0 Å². The number of H-pyrrole nitrogens is 1. The minimum absolute atomic E-state index is 0.202. The van der Waals surface area contributed by atoms with E-state index in [0.717, 1.165) is 11.1 Å². The standard InChI is InChI=1S/C11H11N5O4S/c1-4-5(2)21-11(7(4)9(12)17)14-10(18)8-6(16(19)20)3-13-15-8/h3H,1-2H3,(H2,12,17)(H,13,15)(H,14,18). The monoisotopic (exact) mass is 309 g/mol. The number of aryl methyl sites for hydroxylation is 1. The average Bonchev–Trinajstić information content (AvgIpc) is 2.95. The summed E-state index contributed by atoms with van der Waals surface area (Å²) < 4.78 is 0. The van der Waals surface area contributed by atoms with Crippen LogP contribution >= 0.6 is 11.3 Å². The maximum atomic E-state index is 12.1. The molecule has 0 aliphatic heterocycles. The van der Waals surface area contributed by atoms with Crippen molar-refractivity contribution in [3.63, 3.8) is 0 Å². The Morgan fingerprint density at radius 1 is 1.48 bits per heavy atom. The number of nitrogens with two attached hydrogens (primary N) is 1. The van der Waals surface area contributed by atoms with Gasteiger partial charge in [-0.3, -0.25) is 24.8 Å². The summed E-state index contributed by atoms with van der Waals surface area (Å²) in [6.45, 7) is 3.49. The molecule has 4 N–H and O–H groups in total. The number of nitrogens with one attached hydrogen (secondary N) is 2. The molecule has 0 saturated heterocycles. The first-order valence-corrected chi connectivity index (χ1v) is 6.53. The van der Waals surface area contributed by atoms with Crippen LogP contribution in [-0.2, 0) is 0 Å². The third kappa shape index (κ3) is 2.60. The van der Waals surface area contributed by atoms with Gasteiger partial charge in [0.05, 0.1) is 10.5 Å². The van der Waals surface area contributed by atoms with Crippen LogP contribution in [0.1, 0.15) is 31.3 Å². The van der Waals surface area contributed by atoms with Crippen LogP contribution in [0.2, 0.25) is 0 Å². The molecule has 0 spiro atoms. The Bertz CT molecular complexity index is 748. The number of thiophene rings is 1. The fourth-order valence-corrected chi connectivity index (χ4v) is 2.82. The van der Waals surface area contributed by atoms with Gasteiger partial charge in [0.25, 0.3) is 11.8 Å². The lowest BCUT2D eigenvalue weighted by Gasteiger charge is -2.03. The summed E-state index contributed by atoms with van der Waals surface area (Å²) in [6, 6.07) is 0. The molecule has 2 heterocycles. The maximum absolute atomic E-state index is 12.1. The van der Waals surface area contributed by atoms with E-state index >= 15 is 0 Å². The summed E-state index contributed by atoms with van der Waals surface area (Å²) in [5.41, 5.74) is 5.42. The number of carbonyl (C=O) groups excluding carboxylic acids is 2. The molecule has 2 rings (SSSR count). The van der Waals surface area contributed by atoms with Gasteiger partial charge in [-0.25, -0.2) is 0 Å². The predicted molar refractivity (Wildman–Crippen MR) is 75.5 cm³/mol. The summed E-state index contributed by atoms with van der Waals surface area (Å²) in [4.78, 5) is 34.4. The van der Waals surface area contributed by atoms with E-state index in [0.29, 0.717) is 5.56 Å². The molecule has 2 aromatic rings. The first-order valence-electron chi connectivity index (χ1n) is 5.71. The van der Waals surface area contributed by atoms with Crippen molar-refractivity contribution in [2.24, 2.45) is 5.73 Å². The number of nitro groups is 1. The van der Waals surface area contributed by atoms with Gasteiger partial charge in [-0.05, 0) is 19.4 Å². The third-order valence-corrected chi connectivity index (χ3v) is 4.02. The Morgan fingerprint density at radius 3 is 2.71 bits per heavy atom. The van der Waals surface area contributed by atoms with E-state index < -0.39 is 22.4 Å². The number of primary amides is 1. The fourth-order valence-electron chi connectivity index (χ4n) is 1.76. The molecule has 0 aliphatic carbocycles. The highest BCUT2D eigenvalue weighted by atomic mass is 32.1. The Hall–Kier alpha value is -2.75. The van der Waals surface area contributed by atoms with Crippen molar-refractivity contribution < 1.29 is 14.5 Å². The Balaban J connectivity index is 2.36. The molecule has 0 aliphatic rings. The van der Waals surface area contributed by atoms with E-state index in [2.05, 4.69) is 15.5 Å². The number of carbonyl (C=O) groups is 2. The first-order chi connectivity index (χ1) is 9.82. The minimum Gasteiger partial charge on any atom is -0.365 e. The highest BCUT2D eigenvalue weighted by Crippen LogP contribution is 2.32. The zero-order valence-corrected chi connectivity index (χ0v) is 11.9. The fraction of sp³-hybridized carbons (Fsp3) is 0.182. The second kappa shape index (κ2) is 5.32. The lowest BCUT2D eigenvalue weighted by atomic mass is 10.1. The third-order valence-electron chi connectivity index (χ3n) is 2.90. The van der Waals surface area contributed by atoms with Crippen molar-refractivity contribution in [3.05, 3.63) is 38.0 Å². The van der Waals surface area contributed by atoms with Gasteiger partial charge in [-0.2, -0.15) is 5.10 Å². The lowest BCUT2D eigenvalue weighted by Crippen LogP contribution is -2.18. The molecule has 0 radical (unpaired) electrons. The zero-order chi connectivity index (χ0) is 15.7. The SMILES string of the molecule is Cc1sc(NC(=O)c2[nH]ncc2[N+](=O)[O-])c(C(N)=O)c1C. The summed E-state index contributed by atoms with van der Waals surface area (Å²) in [5, 5.41) is 19.2. The molecular formula is C11H11N5O4S. The number of aromatic nitrogens is 2. The molecule has 0 atom stereocenters. The van der Waals surface area contributed by atoms with Gasteiger partial charge in [0.1, 0.15) is 11.2 Å². The average molecular weight is 309 g/mol. The molecule has 0 unspecified atom stereocenters. The number of aromatic amines is 1. The summed E-state index contributed by atoms with van der Waals surface area (Å²) >= 11 is 1.17. The topological polar surface area (TPSA) is 144 Å². The van der Waals surface area contributed by atoms with Crippen LogP contribution in [0, 0.1) is 24.0 Å². The molecule has 21 heavy (non-hydrogen) atoms. The van der Waals surface area contributed by atoms with E-state index in [-0.39, 0.29) is 16.3 Å². The minimum atomic E-state index is -0.761. The molecule has 0 saturated carbocycles. The van der Waals surface area contributed by atoms with E-state index in [4.69, 9.17) is 5.73 Å².